The third kappa shape index (κ3) is 4.36. The van der Waals surface area contributed by atoms with E-state index in [1.165, 1.54) is 59.4 Å². The molecule has 0 bridgehead atoms. The number of fused-ring (bicyclic) bond motifs is 4. The van der Waals surface area contributed by atoms with E-state index in [0.717, 1.165) is 17.9 Å². The average Bonchev–Trinajstić information content (AvgIpc) is 3.45. The third-order valence-corrected chi connectivity index (χ3v) is 9.19. The Morgan fingerprint density at radius 1 is 0.548 bits per heavy atom. The third-order valence-electron chi connectivity index (χ3n) is 8.06. The maximum Gasteiger partial charge on any atom is 0.0971 e. The fourth-order valence-electron chi connectivity index (χ4n) is 6.00. The summed E-state index contributed by atoms with van der Waals surface area (Å²) in [5, 5.41) is 8.56. The van der Waals surface area contributed by atoms with Crippen LogP contribution in [0.1, 0.15) is 5.56 Å². The van der Waals surface area contributed by atoms with Crippen LogP contribution in [0.2, 0.25) is 0 Å². The van der Waals surface area contributed by atoms with Gasteiger partial charge in [-0.05, 0) is 75.5 Å². The Bertz CT molecular complexity index is 2070. The molecule has 2 heterocycles. The van der Waals surface area contributed by atoms with Crippen molar-refractivity contribution < 1.29 is 0 Å². The van der Waals surface area contributed by atoms with Gasteiger partial charge in [-0.1, -0.05) is 109 Å². The lowest BCUT2D eigenvalue weighted by molar-refractivity contribution is 1.30. The molecule has 8 rings (SSSR count). The van der Waals surface area contributed by atoms with Gasteiger partial charge in [-0.2, -0.15) is 0 Å². The normalized spacial score (nSPS) is 12.3. The van der Waals surface area contributed by atoms with Gasteiger partial charge in [0.05, 0.1) is 10.7 Å². The average molecular weight is 557 g/mol. The number of benzene rings is 6. The molecule has 0 fully saturated rings. The summed E-state index contributed by atoms with van der Waals surface area (Å²) in [4.78, 5) is 2.41. The Hall–Kier alpha value is -5.12. The predicted octanol–water partition coefficient (Wildman–Crippen LogP) is 11.3. The van der Waals surface area contributed by atoms with Crippen molar-refractivity contribution in [2.45, 2.75) is 0 Å². The second-order valence-corrected chi connectivity index (χ2v) is 11.7. The first-order chi connectivity index (χ1) is 20.8. The summed E-state index contributed by atoms with van der Waals surface area (Å²) in [5.41, 5.74) is 9.64. The molecule has 1 aliphatic rings. The molecule has 0 saturated heterocycles. The van der Waals surface area contributed by atoms with Crippen molar-refractivity contribution in [3.63, 3.8) is 0 Å². The van der Waals surface area contributed by atoms with Crippen LogP contribution in [0.25, 0.3) is 49.2 Å². The van der Waals surface area contributed by atoms with Crippen molar-refractivity contribution in [1.82, 2.24) is 0 Å². The summed E-state index contributed by atoms with van der Waals surface area (Å²) in [6, 6.07) is 50.4. The molecule has 1 aliphatic heterocycles. The van der Waals surface area contributed by atoms with Gasteiger partial charge in [0.15, 0.2) is 0 Å². The summed E-state index contributed by atoms with van der Waals surface area (Å²) in [6.07, 6.45) is 4.49. The van der Waals surface area contributed by atoms with Gasteiger partial charge in [-0.25, -0.2) is 0 Å². The molecule has 42 heavy (non-hydrogen) atoms. The Morgan fingerprint density at radius 3 is 1.98 bits per heavy atom. The molecule has 0 atom stereocenters. The fourth-order valence-corrected chi connectivity index (χ4v) is 7.12. The highest BCUT2D eigenvalue weighted by Crippen LogP contribution is 2.47. The van der Waals surface area contributed by atoms with E-state index in [4.69, 9.17) is 0 Å². The number of hydrogen-bond donors (Lipinski definition) is 1. The molecule has 0 amide bonds. The number of rotatable bonds is 5. The van der Waals surface area contributed by atoms with Crippen molar-refractivity contribution in [2.24, 2.45) is 0 Å². The molecule has 2 nitrogen and oxygen atoms in total. The van der Waals surface area contributed by atoms with E-state index in [1.54, 1.807) is 0 Å². The van der Waals surface area contributed by atoms with E-state index in [0.29, 0.717) is 0 Å². The summed E-state index contributed by atoms with van der Waals surface area (Å²) in [5.74, 6) is 0. The van der Waals surface area contributed by atoms with Crippen LogP contribution in [-0.4, -0.2) is 6.54 Å². The van der Waals surface area contributed by atoms with Gasteiger partial charge >= 0.3 is 0 Å². The number of anilines is 4. The van der Waals surface area contributed by atoms with Gasteiger partial charge in [0.25, 0.3) is 0 Å². The van der Waals surface area contributed by atoms with E-state index in [1.807, 2.05) is 11.3 Å². The second kappa shape index (κ2) is 10.4. The first-order valence-electron chi connectivity index (χ1n) is 14.3. The van der Waals surface area contributed by atoms with Crippen molar-refractivity contribution in [3.05, 3.63) is 151 Å². The molecule has 0 aliphatic carbocycles. The molecular weight excluding hydrogens is 529 g/mol. The zero-order valence-corrected chi connectivity index (χ0v) is 23.8. The van der Waals surface area contributed by atoms with Crippen LogP contribution in [0.4, 0.5) is 22.1 Å². The monoisotopic (exact) mass is 556 g/mol. The first kappa shape index (κ1) is 24.7. The zero-order valence-electron chi connectivity index (χ0n) is 23.0. The molecule has 1 aromatic heterocycles. The summed E-state index contributed by atoms with van der Waals surface area (Å²) in [6.45, 7) is 0.870. The number of thiophene rings is 1. The molecule has 0 radical (unpaired) electrons. The second-order valence-electron chi connectivity index (χ2n) is 10.6. The Morgan fingerprint density at radius 2 is 1.19 bits per heavy atom. The predicted molar refractivity (Wildman–Crippen MR) is 182 cm³/mol. The Labute approximate surface area is 249 Å². The van der Waals surface area contributed by atoms with Crippen LogP contribution in [0.5, 0.6) is 0 Å². The minimum Gasteiger partial charge on any atom is -0.373 e. The lowest BCUT2D eigenvalue weighted by Crippen LogP contribution is -2.11. The molecule has 0 saturated carbocycles. The maximum atomic E-state index is 3.58. The Kier molecular flexibility index (Phi) is 6.09. The van der Waals surface area contributed by atoms with Gasteiger partial charge in [-0.15, -0.1) is 11.3 Å². The van der Waals surface area contributed by atoms with Gasteiger partial charge < -0.3 is 10.2 Å². The first-order valence-corrected chi connectivity index (χ1v) is 15.1. The van der Waals surface area contributed by atoms with Crippen LogP contribution in [0, 0.1) is 0 Å². The number of nitrogens with zero attached hydrogens (tertiary/aromatic N) is 1. The fraction of sp³-hybridized carbons (Fsp3) is 0.0256. The van der Waals surface area contributed by atoms with Gasteiger partial charge in [0.1, 0.15) is 0 Å². The van der Waals surface area contributed by atoms with E-state index in [2.05, 4.69) is 162 Å². The van der Waals surface area contributed by atoms with E-state index in [-0.39, 0.29) is 0 Å². The van der Waals surface area contributed by atoms with Crippen LogP contribution in [-0.2, 0) is 0 Å². The quantitative estimate of drug-likeness (QED) is 0.227. The molecule has 7 aromatic rings. The van der Waals surface area contributed by atoms with Gasteiger partial charge in [-0.3, -0.25) is 0 Å². The smallest absolute Gasteiger partial charge is 0.0971 e. The highest BCUT2D eigenvalue weighted by atomic mass is 32.1. The van der Waals surface area contributed by atoms with Crippen LogP contribution in [0.3, 0.4) is 0 Å². The highest BCUT2D eigenvalue weighted by Gasteiger charge is 2.21. The Balaban J connectivity index is 1.29. The van der Waals surface area contributed by atoms with Crippen LogP contribution in [0.15, 0.2) is 146 Å². The lowest BCUT2D eigenvalue weighted by Gasteiger charge is -2.27. The van der Waals surface area contributed by atoms with Gasteiger partial charge in [0.2, 0.25) is 0 Å². The minimum absolute atomic E-state index is 0.870. The topological polar surface area (TPSA) is 15.3 Å². The van der Waals surface area contributed by atoms with E-state index >= 15 is 0 Å². The minimum atomic E-state index is 0.870. The highest BCUT2D eigenvalue weighted by molar-refractivity contribution is 7.23. The van der Waals surface area contributed by atoms with Crippen molar-refractivity contribution in [1.29, 1.82) is 0 Å². The van der Waals surface area contributed by atoms with Crippen LogP contribution < -0.4 is 10.2 Å². The zero-order chi connectivity index (χ0) is 27.9. The molecule has 0 spiro atoms. The van der Waals surface area contributed by atoms with Gasteiger partial charge in [0, 0.05) is 33.6 Å². The summed E-state index contributed by atoms with van der Waals surface area (Å²) >= 11 is 1.83. The molecular formula is C39H28N2S. The molecule has 200 valence electrons. The van der Waals surface area contributed by atoms with Crippen molar-refractivity contribution in [3.8, 4) is 22.3 Å². The largest absolute Gasteiger partial charge is 0.373 e. The molecule has 0 unspecified atom stereocenters. The van der Waals surface area contributed by atoms with E-state index < -0.39 is 0 Å². The number of nitrogens with one attached hydrogen (secondary N) is 1. The van der Waals surface area contributed by atoms with E-state index in [9.17, 15) is 0 Å². The maximum absolute atomic E-state index is 3.58. The molecule has 1 N–H and O–H groups in total. The summed E-state index contributed by atoms with van der Waals surface area (Å²) < 4.78 is 1.29. The lowest BCUT2D eigenvalue weighted by atomic mass is 10.00. The number of hydrogen-bond acceptors (Lipinski definition) is 3. The van der Waals surface area contributed by atoms with Crippen LogP contribution >= 0.6 is 11.3 Å². The standard InChI is InChI=1S/C39H28N2S/c1-3-9-27(10-4-1)29-18-21-33(22-19-29)41(36-14-7-15-37-38(36)35-13-8-24-40-39(35)42-37)34-23-20-31-25-30(16-17-32(31)26-34)28-11-5-2-6-12-28/h1-23,25-26,40H,24H2. The summed E-state index contributed by atoms with van der Waals surface area (Å²) in [7, 11) is 0. The molecule has 3 heteroatoms. The SMILES string of the molecule is C1=Cc2c(sc3cccc(N(c4ccc(-c5ccccc5)cc4)c4ccc5cc(-c6ccccc6)ccc5c4)c23)NC1. The molecule has 6 aromatic carbocycles. The van der Waals surface area contributed by atoms with Crippen molar-refractivity contribution in [2.75, 3.05) is 16.8 Å². The van der Waals surface area contributed by atoms with Crippen molar-refractivity contribution >= 4 is 60.3 Å².